The van der Waals surface area contributed by atoms with E-state index in [-0.39, 0.29) is 24.4 Å². The van der Waals surface area contributed by atoms with Crippen molar-refractivity contribution in [1.82, 2.24) is 15.6 Å². The molecule has 0 aliphatic carbocycles. The summed E-state index contributed by atoms with van der Waals surface area (Å²) in [6, 6.07) is 5.43. The summed E-state index contributed by atoms with van der Waals surface area (Å²) in [7, 11) is 0. The summed E-state index contributed by atoms with van der Waals surface area (Å²) < 4.78 is 11.6. The molecule has 1 saturated heterocycles. The molecule has 0 spiro atoms. The molecular weight excluding hydrogens is 416 g/mol. The predicted molar refractivity (Wildman–Crippen MR) is 121 cm³/mol. The summed E-state index contributed by atoms with van der Waals surface area (Å²) in [5, 5.41) is 8.20. The van der Waals surface area contributed by atoms with Crippen molar-refractivity contribution in [3.8, 4) is 11.5 Å². The first-order chi connectivity index (χ1) is 15.0. The van der Waals surface area contributed by atoms with Crippen molar-refractivity contribution in [2.75, 3.05) is 31.2 Å². The average molecular weight is 447 g/mol. The quantitative estimate of drug-likeness (QED) is 0.549. The third-order valence-corrected chi connectivity index (χ3v) is 5.65. The van der Waals surface area contributed by atoms with Crippen molar-refractivity contribution in [3.63, 3.8) is 0 Å². The van der Waals surface area contributed by atoms with Gasteiger partial charge in [-0.1, -0.05) is 19.9 Å². The number of aromatic nitrogens is 1. The number of rotatable bonds is 11. The van der Waals surface area contributed by atoms with E-state index in [1.165, 1.54) is 11.3 Å². The smallest absolute Gasteiger partial charge is 0.323 e. The Morgan fingerprint density at radius 3 is 2.68 bits per heavy atom. The number of nitrogens with one attached hydrogen (secondary N) is 2. The highest BCUT2D eigenvalue weighted by Crippen LogP contribution is 2.31. The second kappa shape index (κ2) is 11.0. The lowest BCUT2D eigenvalue weighted by molar-refractivity contribution is -0.121. The van der Waals surface area contributed by atoms with E-state index in [0.717, 1.165) is 24.2 Å². The minimum Gasteiger partial charge on any atom is -0.490 e. The zero-order valence-electron chi connectivity index (χ0n) is 18.3. The van der Waals surface area contributed by atoms with E-state index in [1.54, 1.807) is 4.90 Å². The molecule has 168 valence electrons. The monoisotopic (exact) mass is 446 g/mol. The molecule has 8 nitrogen and oxygen atoms in total. The van der Waals surface area contributed by atoms with Crippen molar-refractivity contribution in [1.29, 1.82) is 0 Å². The van der Waals surface area contributed by atoms with Crippen LogP contribution >= 0.6 is 11.3 Å². The standard InChI is InChI=1S/C22H30N4O4S/c1-4-10-29-18-7-6-16(12-19(18)30-11-5-2)15(3)24-20(27)13-17-14-31-22(25-17)26-9-8-23-21(26)28/h6-7,12,14-15H,4-5,8-11,13H2,1-3H3,(H,23,28)(H,24,27). The Morgan fingerprint density at radius 1 is 1.26 bits per heavy atom. The summed E-state index contributed by atoms with van der Waals surface area (Å²) in [5.74, 6) is 1.29. The van der Waals surface area contributed by atoms with Crippen molar-refractivity contribution in [2.45, 2.75) is 46.1 Å². The van der Waals surface area contributed by atoms with Crippen LogP contribution in [0, 0.1) is 0 Å². The Hall–Kier alpha value is -2.81. The second-order valence-electron chi connectivity index (χ2n) is 7.37. The highest BCUT2D eigenvalue weighted by Gasteiger charge is 2.24. The van der Waals surface area contributed by atoms with E-state index in [9.17, 15) is 9.59 Å². The fraction of sp³-hybridized carbons (Fsp3) is 0.500. The molecule has 0 radical (unpaired) electrons. The molecule has 0 bridgehead atoms. The van der Waals surface area contributed by atoms with Crippen molar-refractivity contribution < 1.29 is 19.1 Å². The van der Waals surface area contributed by atoms with Gasteiger partial charge in [-0.15, -0.1) is 11.3 Å². The molecule has 1 aromatic heterocycles. The highest BCUT2D eigenvalue weighted by molar-refractivity contribution is 7.14. The summed E-state index contributed by atoms with van der Waals surface area (Å²) in [6.45, 7) is 8.48. The lowest BCUT2D eigenvalue weighted by Crippen LogP contribution is -2.29. The molecule has 1 aliphatic heterocycles. The minimum atomic E-state index is -0.195. The summed E-state index contributed by atoms with van der Waals surface area (Å²) in [5.41, 5.74) is 1.59. The lowest BCUT2D eigenvalue weighted by atomic mass is 10.1. The number of hydrogen-bond donors (Lipinski definition) is 2. The molecule has 2 N–H and O–H groups in total. The fourth-order valence-electron chi connectivity index (χ4n) is 3.15. The van der Waals surface area contributed by atoms with Gasteiger partial charge in [0.2, 0.25) is 5.91 Å². The Bertz CT molecular complexity index is 901. The molecule has 1 aromatic carbocycles. The van der Waals surface area contributed by atoms with Crippen molar-refractivity contribution >= 4 is 28.4 Å². The first-order valence-corrected chi connectivity index (χ1v) is 11.6. The van der Waals surface area contributed by atoms with Crippen LogP contribution < -0.4 is 25.0 Å². The molecule has 1 fully saturated rings. The van der Waals surface area contributed by atoms with E-state index in [2.05, 4.69) is 29.5 Å². The second-order valence-corrected chi connectivity index (χ2v) is 8.21. The van der Waals surface area contributed by atoms with Gasteiger partial charge >= 0.3 is 6.03 Å². The maximum atomic E-state index is 12.6. The maximum Gasteiger partial charge on any atom is 0.323 e. The Morgan fingerprint density at radius 2 is 2.00 bits per heavy atom. The van der Waals surface area contributed by atoms with Gasteiger partial charge in [0.15, 0.2) is 16.6 Å². The number of benzene rings is 1. The van der Waals surface area contributed by atoms with Gasteiger partial charge in [0, 0.05) is 18.5 Å². The number of hydrogen-bond acceptors (Lipinski definition) is 6. The van der Waals surface area contributed by atoms with E-state index < -0.39 is 0 Å². The van der Waals surface area contributed by atoms with E-state index in [1.807, 2.05) is 30.5 Å². The normalized spacial score (nSPS) is 14.3. The molecule has 2 heterocycles. The van der Waals surface area contributed by atoms with Gasteiger partial charge < -0.3 is 20.1 Å². The SMILES string of the molecule is CCCOc1ccc(C(C)NC(=O)Cc2csc(N3CCNC3=O)n2)cc1OCCC. The van der Waals surface area contributed by atoms with Crippen molar-refractivity contribution in [3.05, 3.63) is 34.8 Å². The number of carbonyl (C=O) groups is 2. The Labute approximate surface area is 186 Å². The number of carbonyl (C=O) groups excluding carboxylic acids is 2. The minimum absolute atomic E-state index is 0.127. The summed E-state index contributed by atoms with van der Waals surface area (Å²) in [6.07, 6.45) is 1.98. The first kappa shape index (κ1) is 22.9. The molecule has 1 aliphatic rings. The van der Waals surface area contributed by atoms with Crippen LogP contribution in [0.5, 0.6) is 11.5 Å². The molecule has 31 heavy (non-hydrogen) atoms. The summed E-state index contributed by atoms with van der Waals surface area (Å²) in [4.78, 5) is 30.4. The fourth-order valence-corrected chi connectivity index (χ4v) is 3.99. The third kappa shape index (κ3) is 6.10. The van der Waals surface area contributed by atoms with Gasteiger partial charge in [-0.25, -0.2) is 9.78 Å². The van der Waals surface area contributed by atoms with E-state index in [0.29, 0.717) is 42.9 Å². The number of amides is 3. The zero-order valence-corrected chi connectivity index (χ0v) is 19.1. The van der Waals surface area contributed by atoms with Crippen LogP contribution in [0.2, 0.25) is 0 Å². The first-order valence-electron chi connectivity index (χ1n) is 10.7. The highest BCUT2D eigenvalue weighted by atomic mass is 32.1. The van der Waals surface area contributed by atoms with Crippen molar-refractivity contribution in [2.24, 2.45) is 0 Å². The van der Waals surface area contributed by atoms with E-state index in [4.69, 9.17) is 9.47 Å². The summed E-state index contributed by atoms with van der Waals surface area (Å²) >= 11 is 1.37. The largest absolute Gasteiger partial charge is 0.490 e. The van der Waals surface area contributed by atoms with Crippen LogP contribution in [0.25, 0.3) is 0 Å². The molecule has 9 heteroatoms. The molecule has 1 unspecified atom stereocenters. The third-order valence-electron chi connectivity index (χ3n) is 4.74. The van der Waals surface area contributed by atoms with Crippen LogP contribution in [0.3, 0.4) is 0 Å². The molecular formula is C22H30N4O4S. The van der Waals surface area contributed by atoms with Gasteiger partial charge in [-0.3, -0.25) is 9.69 Å². The number of anilines is 1. The topological polar surface area (TPSA) is 92.8 Å². The number of urea groups is 1. The number of ether oxygens (including phenoxy) is 2. The van der Waals surface area contributed by atoms with Crippen LogP contribution in [0.4, 0.5) is 9.93 Å². The van der Waals surface area contributed by atoms with E-state index >= 15 is 0 Å². The van der Waals surface area contributed by atoms with Gasteiger partial charge in [-0.05, 0) is 37.5 Å². The van der Waals surface area contributed by atoms with Crippen LogP contribution in [-0.4, -0.2) is 43.2 Å². The number of nitrogens with zero attached hydrogens (tertiary/aromatic N) is 2. The van der Waals surface area contributed by atoms with Gasteiger partial charge in [0.25, 0.3) is 0 Å². The predicted octanol–water partition coefficient (Wildman–Crippen LogP) is 3.67. The number of thiazole rings is 1. The Balaban J connectivity index is 1.61. The van der Waals surface area contributed by atoms with Gasteiger partial charge in [0.05, 0.1) is 31.4 Å². The molecule has 0 saturated carbocycles. The Kier molecular flexibility index (Phi) is 8.11. The van der Waals surface area contributed by atoms with Crippen LogP contribution in [0.1, 0.15) is 50.9 Å². The zero-order chi connectivity index (χ0) is 22.2. The lowest BCUT2D eigenvalue weighted by Gasteiger charge is -2.18. The maximum absolute atomic E-state index is 12.6. The molecule has 2 aromatic rings. The molecule has 3 amide bonds. The van der Waals surface area contributed by atoms with Crippen LogP contribution in [-0.2, 0) is 11.2 Å². The average Bonchev–Trinajstić information content (AvgIpc) is 3.39. The van der Waals surface area contributed by atoms with Gasteiger partial charge in [0.1, 0.15) is 0 Å². The van der Waals surface area contributed by atoms with Gasteiger partial charge in [-0.2, -0.15) is 0 Å². The van der Waals surface area contributed by atoms with Crippen LogP contribution in [0.15, 0.2) is 23.6 Å². The molecule has 3 rings (SSSR count). The molecule has 1 atom stereocenters.